The third kappa shape index (κ3) is 3.04. The molecule has 21 heavy (non-hydrogen) atoms. The standard InChI is InChI=1S/C14H19ClN2O3S/c1-8-11(15)6-10(7-12(8)16)21(18,19)17-13-4-5-20-14(13)9-2-3-9/h6-7,9,13-14,17H,2-5,16H2,1H3. The molecule has 2 fully saturated rings. The van der Waals surface area contributed by atoms with Crippen LogP contribution in [0.15, 0.2) is 17.0 Å². The molecule has 0 radical (unpaired) electrons. The Morgan fingerprint density at radius 1 is 1.33 bits per heavy atom. The van der Waals surface area contributed by atoms with Gasteiger partial charge in [-0.3, -0.25) is 0 Å². The molecule has 3 N–H and O–H groups in total. The molecule has 1 aromatic carbocycles. The number of nitrogens with one attached hydrogen (secondary N) is 1. The van der Waals surface area contributed by atoms with Gasteiger partial charge < -0.3 is 10.5 Å². The van der Waals surface area contributed by atoms with Gasteiger partial charge in [-0.1, -0.05) is 11.6 Å². The van der Waals surface area contributed by atoms with E-state index in [1.54, 1.807) is 6.92 Å². The van der Waals surface area contributed by atoms with Crippen molar-refractivity contribution in [1.29, 1.82) is 0 Å². The maximum atomic E-state index is 12.5. The van der Waals surface area contributed by atoms with Crippen LogP contribution in [0.4, 0.5) is 5.69 Å². The van der Waals surface area contributed by atoms with Gasteiger partial charge >= 0.3 is 0 Å². The van der Waals surface area contributed by atoms with Gasteiger partial charge in [0.2, 0.25) is 10.0 Å². The Morgan fingerprint density at radius 2 is 2.05 bits per heavy atom. The number of anilines is 1. The van der Waals surface area contributed by atoms with Crippen LogP contribution in [0.5, 0.6) is 0 Å². The van der Waals surface area contributed by atoms with Crippen molar-refractivity contribution in [2.45, 2.75) is 43.2 Å². The van der Waals surface area contributed by atoms with Crippen LogP contribution in [-0.4, -0.2) is 27.2 Å². The van der Waals surface area contributed by atoms with Crippen LogP contribution in [0.3, 0.4) is 0 Å². The average molecular weight is 331 g/mol. The third-order valence-electron chi connectivity index (χ3n) is 4.20. The van der Waals surface area contributed by atoms with Crippen molar-refractivity contribution in [3.05, 3.63) is 22.7 Å². The number of nitrogens with two attached hydrogens (primary N) is 1. The normalized spacial score (nSPS) is 26.2. The van der Waals surface area contributed by atoms with Gasteiger partial charge in [0.05, 0.1) is 17.0 Å². The molecule has 1 saturated carbocycles. The Hall–Kier alpha value is -0.820. The summed E-state index contributed by atoms with van der Waals surface area (Å²) >= 11 is 6.03. The summed E-state index contributed by atoms with van der Waals surface area (Å²) in [5.74, 6) is 0.492. The van der Waals surface area contributed by atoms with Crippen molar-refractivity contribution in [2.24, 2.45) is 5.92 Å². The smallest absolute Gasteiger partial charge is 0.241 e. The molecule has 1 aliphatic heterocycles. The van der Waals surface area contributed by atoms with Crippen LogP contribution in [0, 0.1) is 12.8 Å². The summed E-state index contributed by atoms with van der Waals surface area (Å²) in [6, 6.07) is 2.73. The molecule has 1 heterocycles. The lowest BCUT2D eigenvalue weighted by Gasteiger charge is -2.20. The quantitative estimate of drug-likeness (QED) is 0.828. The lowest BCUT2D eigenvalue weighted by molar-refractivity contribution is 0.0848. The topological polar surface area (TPSA) is 81.4 Å². The molecule has 116 valence electrons. The van der Waals surface area contributed by atoms with Crippen LogP contribution in [0.2, 0.25) is 5.02 Å². The summed E-state index contributed by atoms with van der Waals surface area (Å²) in [7, 11) is -3.64. The SMILES string of the molecule is Cc1c(N)cc(S(=O)(=O)NC2CCOC2C2CC2)cc1Cl. The maximum Gasteiger partial charge on any atom is 0.241 e. The first kappa shape index (κ1) is 15.1. The fraction of sp³-hybridized carbons (Fsp3) is 0.571. The van der Waals surface area contributed by atoms with E-state index in [0.29, 0.717) is 35.2 Å². The highest BCUT2D eigenvalue weighted by Crippen LogP contribution is 2.39. The molecular weight excluding hydrogens is 312 g/mol. The Kier molecular flexibility index (Phi) is 3.90. The zero-order valence-corrected chi connectivity index (χ0v) is 13.4. The molecule has 1 saturated heterocycles. The molecule has 7 heteroatoms. The Balaban J connectivity index is 1.83. The fourth-order valence-electron chi connectivity index (χ4n) is 2.72. The number of benzene rings is 1. The monoisotopic (exact) mass is 330 g/mol. The van der Waals surface area contributed by atoms with Crippen LogP contribution in [0.1, 0.15) is 24.8 Å². The molecule has 0 spiro atoms. The summed E-state index contributed by atoms with van der Waals surface area (Å²) in [6.07, 6.45) is 2.94. The Morgan fingerprint density at radius 3 is 2.67 bits per heavy atom. The van der Waals surface area contributed by atoms with E-state index in [-0.39, 0.29) is 17.0 Å². The third-order valence-corrected chi connectivity index (χ3v) is 6.06. The minimum atomic E-state index is -3.64. The molecule has 0 bridgehead atoms. The number of hydrogen-bond donors (Lipinski definition) is 2. The van der Waals surface area contributed by atoms with E-state index in [0.717, 1.165) is 12.8 Å². The van der Waals surface area contributed by atoms with Gasteiger partial charge in [0.25, 0.3) is 0 Å². The number of hydrogen-bond acceptors (Lipinski definition) is 4. The van der Waals surface area contributed by atoms with E-state index in [2.05, 4.69) is 4.72 Å². The number of halogens is 1. The van der Waals surface area contributed by atoms with Crippen molar-refractivity contribution < 1.29 is 13.2 Å². The number of sulfonamides is 1. The Labute approximate surface area is 129 Å². The molecule has 1 aromatic rings. The number of rotatable bonds is 4. The first-order valence-electron chi connectivity index (χ1n) is 7.08. The van der Waals surface area contributed by atoms with E-state index in [1.807, 2.05) is 0 Å². The highest BCUT2D eigenvalue weighted by Gasteiger charge is 2.42. The van der Waals surface area contributed by atoms with Crippen molar-refractivity contribution in [3.63, 3.8) is 0 Å². The summed E-state index contributed by atoms with van der Waals surface area (Å²) < 4.78 is 33.4. The first-order chi connectivity index (χ1) is 9.88. The predicted octanol–water partition coefficient (Wildman–Crippen LogP) is 2.08. The van der Waals surface area contributed by atoms with E-state index >= 15 is 0 Å². The van der Waals surface area contributed by atoms with Crippen molar-refractivity contribution >= 4 is 27.3 Å². The molecular formula is C14H19ClN2O3S. The zero-order chi connectivity index (χ0) is 15.2. The number of nitrogen functional groups attached to an aromatic ring is 1. The van der Waals surface area contributed by atoms with E-state index in [4.69, 9.17) is 22.1 Å². The molecule has 0 amide bonds. The molecule has 3 rings (SSSR count). The zero-order valence-electron chi connectivity index (χ0n) is 11.8. The highest BCUT2D eigenvalue weighted by atomic mass is 35.5. The summed E-state index contributed by atoms with van der Waals surface area (Å²) in [4.78, 5) is 0.108. The highest BCUT2D eigenvalue weighted by molar-refractivity contribution is 7.89. The lowest BCUT2D eigenvalue weighted by atomic mass is 10.1. The summed E-state index contributed by atoms with van der Waals surface area (Å²) in [5.41, 5.74) is 6.88. The van der Waals surface area contributed by atoms with Crippen molar-refractivity contribution in [3.8, 4) is 0 Å². The molecule has 2 atom stereocenters. The van der Waals surface area contributed by atoms with E-state index in [1.165, 1.54) is 12.1 Å². The van der Waals surface area contributed by atoms with Crippen molar-refractivity contribution in [2.75, 3.05) is 12.3 Å². The molecule has 2 aliphatic rings. The second kappa shape index (κ2) is 5.43. The molecule has 2 unspecified atom stereocenters. The minimum Gasteiger partial charge on any atom is -0.398 e. The lowest BCUT2D eigenvalue weighted by Crippen LogP contribution is -2.41. The van der Waals surface area contributed by atoms with Crippen LogP contribution in [0.25, 0.3) is 0 Å². The van der Waals surface area contributed by atoms with Gasteiger partial charge in [-0.25, -0.2) is 13.1 Å². The minimum absolute atomic E-state index is 0.00181. The van der Waals surface area contributed by atoms with Gasteiger partial charge in [-0.15, -0.1) is 0 Å². The Bertz CT molecular complexity index is 635. The van der Waals surface area contributed by atoms with Gasteiger partial charge in [0, 0.05) is 17.3 Å². The number of ether oxygens (including phenoxy) is 1. The summed E-state index contributed by atoms with van der Waals surface area (Å²) in [5, 5.41) is 0.358. The second-order valence-electron chi connectivity index (χ2n) is 5.81. The fourth-order valence-corrected chi connectivity index (χ4v) is 4.36. The van der Waals surface area contributed by atoms with Gasteiger partial charge in [0.1, 0.15) is 0 Å². The predicted molar refractivity (Wildman–Crippen MR) is 81.8 cm³/mol. The second-order valence-corrected chi connectivity index (χ2v) is 7.93. The van der Waals surface area contributed by atoms with Crippen LogP contribution >= 0.6 is 11.6 Å². The van der Waals surface area contributed by atoms with Crippen LogP contribution in [-0.2, 0) is 14.8 Å². The van der Waals surface area contributed by atoms with Crippen LogP contribution < -0.4 is 10.5 Å². The largest absolute Gasteiger partial charge is 0.398 e. The van der Waals surface area contributed by atoms with Gasteiger partial charge in [-0.2, -0.15) is 0 Å². The molecule has 0 aromatic heterocycles. The summed E-state index contributed by atoms with van der Waals surface area (Å²) in [6.45, 7) is 2.36. The van der Waals surface area contributed by atoms with Gasteiger partial charge in [-0.05, 0) is 49.8 Å². The van der Waals surface area contributed by atoms with E-state index < -0.39 is 10.0 Å². The van der Waals surface area contributed by atoms with Crippen molar-refractivity contribution in [1.82, 2.24) is 4.72 Å². The maximum absolute atomic E-state index is 12.5. The molecule has 1 aliphatic carbocycles. The average Bonchev–Trinajstić information content (AvgIpc) is 3.16. The first-order valence-corrected chi connectivity index (χ1v) is 8.94. The van der Waals surface area contributed by atoms with Gasteiger partial charge in [0.15, 0.2) is 0 Å². The van der Waals surface area contributed by atoms with E-state index in [9.17, 15) is 8.42 Å². The molecule has 5 nitrogen and oxygen atoms in total.